The molecule has 2 aliphatic heterocycles. The predicted molar refractivity (Wildman–Crippen MR) is 130 cm³/mol. The fourth-order valence-corrected chi connectivity index (χ4v) is 4.73. The minimum absolute atomic E-state index is 0.0524. The molecule has 0 saturated heterocycles. The summed E-state index contributed by atoms with van der Waals surface area (Å²) in [6, 6.07) is 15.7. The smallest absolute Gasteiger partial charge is 0.283 e. The molecule has 0 spiro atoms. The number of hydrogen-bond acceptors (Lipinski definition) is 5. The van der Waals surface area contributed by atoms with Gasteiger partial charge >= 0.3 is 0 Å². The number of fused-ring (bicyclic) bond motifs is 1. The Bertz CT molecular complexity index is 1390. The zero-order valence-corrected chi connectivity index (χ0v) is 19.1. The maximum absolute atomic E-state index is 12.6. The number of thioether (sulfide) groups is 1. The second-order valence-electron chi connectivity index (χ2n) is 6.73. The summed E-state index contributed by atoms with van der Waals surface area (Å²) >= 11 is 19.7. The van der Waals surface area contributed by atoms with Crippen LogP contribution < -0.4 is 0 Å². The molecular formula is C22H11Cl3N4O2S. The number of rotatable bonds is 3. The van der Waals surface area contributed by atoms with Gasteiger partial charge < -0.3 is 4.42 Å². The van der Waals surface area contributed by atoms with Crippen molar-refractivity contribution < 1.29 is 9.21 Å². The summed E-state index contributed by atoms with van der Waals surface area (Å²) in [5.41, 5.74) is 1.38. The van der Waals surface area contributed by atoms with E-state index in [0.717, 1.165) is 0 Å². The summed E-state index contributed by atoms with van der Waals surface area (Å²) in [5.74, 6) is 0.195. The summed E-state index contributed by atoms with van der Waals surface area (Å²) in [7, 11) is 0. The highest BCUT2D eigenvalue weighted by Gasteiger charge is 2.36. The van der Waals surface area contributed by atoms with Crippen LogP contribution in [0.2, 0.25) is 15.1 Å². The molecule has 0 atom stereocenters. The van der Waals surface area contributed by atoms with Crippen molar-refractivity contribution in [2.45, 2.75) is 0 Å². The normalized spacial score (nSPS) is 17.0. The molecule has 1 amide bonds. The number of hydrogen-bond donors (Lipinski definition) is 1. The lowest BCUT2D eigenvalue weighted by Crippen LogP contribution is -2.35. The number of carbonyl (C=O) groups is 1. The number of halogens is 3. The van der Waals surface area contributed by atoms with E-state index in [0.29, 0.717) is 47.9 Å². The molecule has 0 saturated carbocycles. The fourth-order valence-electron chi connectivity index (χ4n) is 3.14. The van der Waals surface area contributed by atoms with E-state index in [2.05, 4.69) is 10.1 Å². The maximum Gasteiger partial charge on any atom is 0.283 e. The van der Waals surface area contributed by atoms with Gasteiger partial charge in [0.1, 0.15) is 16.6 Å². The van der Waals surface area contributed by atoms with Crippen molar-refractivity contribution in [1.82, 2.24) is 5.01 Å². The summed E-state index contributed by atoms with van der Waals surface area (Å²) in [5, 5.41) is 16.7. The largest absolute Gasteiger partial charge is 0.457 e. The third kappa shape index (κ3) is 3.78. The standard InChI is InChI=1S/C22H11Cl3N4O2S/c23-11-5-7-17(25)14(9-11)18-8-6-12(31-18)10-15-19(26)29-22(27-20(15)30)32-21(28-29)13-3-1-2-4-16(13)24/h1-10,26H/b15-10-,26-19?. The summed E-state index contributed by atoms with van der Waals surface area (Å²) in [4.78, 5) is 16.7. The minimum Gasteiger partial charge on any atom is -0.457 e. The Morgan fingerprint density at radius 1 is 1.00 bits per heavy atom. The van der Waals surface area contributed by atoms with E-state index in [9.17, 15) is 4.79 Å². The third-order valence-electron chi connectivity index (χ3n) is 4.67. The first kappa shape index (κ1) is 21.0. The van der Waals surface area contributed by atoms with Crippen molar-refractivity contribution in [3.05, 3.63) is 86.6 Å². The molecule has 3 heterocycles. The van der Waals surface area contributed by atoms with Crippen LogP contribution in [-0.2, 0) is 4.79 Å². The number of amides is 1. The Labute approximate surface area is 201 Å². The first-order valence-corrected chi connectivity index (χ1v) is 11.2. The number of furan rings is 1. The van der Waals surface area contributed by atoms with Crippen LogP contribution in [0.5, 0.6) is 0 Å². The highest BCUT2D eigenvalue weighted by molar-refractivity contribution is 8.27. The number of carbonyl (C=O) groups excluding carboxylic acids is 1. The zero-order chi connectivity index (χ0) is 22.4. The van der Waals surface area contributed by atoms with Gasteiger partial charge in [-0.05, 0) is 54.2 Å². The second-order valence-corrected chi connectivity index (χ2v) is 8.94. The summed E-state index contributed by atoms with van der Waals surface area (Å²) in [6.07, 6.45) is 1.46. The Morgan fingerprint density at radius 2 is 1.78 bits per heavy atom. The average molecular weight is 502 g/mol. The Kier molecular flexibility index (Phi) is 5.43. The second kappa shape index (κ2) is 8.26. The van der Waals surface area contributed by atoms with Gasteiger partial charge in [-0.1, -0.05) is 53.0 Å². The van der Waals surface area contributed by atoms with Crippen molar-refractivity contribution in [1.29, 1.82) is 5.41 Å². The summed E-state index contributed by atoms with van der Waals surface area (Å²) in [6.45, 7) is 0. The van der Waals surface area contributed by atoms with Crippen molar-refractivity contribution >= 4 is 74.6 Å². The van der Waals surface area contributed by atoms with Crippen molar-refractivity contribution in [2.24, 2.45) is 10.1 Å². The van der Waals surface area contributed by atoms with Gasteiger partial charge in [0.25, 0.3) is 5.91 Å². The molecule has 158 valence electrons. The molecule has 2 aromatic carbocycles. The lowest BCUT2D eigenvalue weighted by molar-refractivity contribution is -0.114. The minimum atomic E-state index is -0.553. The van der Waals surface area contributed by atoms with Gasteiger partial charge in [-0.15, -0.1) is 0 Å². The number of hydrazone groups is 1. The molecule has 6 nitrogen and oxygen atoms in total. The van der Waals surface area contributed by atoms with Crippen LogP contribution in [0, 0.1) is 5.41 Å². The van der Waals surface area contributed by atoms with E-state index in [4.69, 9.17) is 44.6 Å². The molecule has 1 N–H and O–H groups in total. The molecule has 0 aliphatic carbocycles. The van der Waals surface area contributed by atoms with E-state index in [-0.39, 0.29) is 11.4 Å². The SMILES string of the molecule is N=C1/C(=C/c2ccc(-c3cc(Cl)ccc3Cl)o2)C(=O)N=C2SC(c3ccccc3Cl)=NN12. The Balaban J connectivity index is 1.47. The zero-order valence-electron chi connectivity index (χ0n) is 16.0. The van der Waals surface area contributed by atoms with E-state index >= 15 is 0 Å². The van der Waals surface area contributed by atoms with E-state index < -0.39 is 5.91 Å². The van der Waals surface area contributed by atoms with Crippen molar-refractivity contribution in [2.75, 3.05) is 0 Å². The van der Waals surface area contributed by atoms with Crippen LogP contribution in [-0.4, -0.2) is 27.0 Å². The summed E-state index contributed by atoms with van der Waals surface area (Å²) < 4.78 is 5.83. The highest BCUT2D eigenvalue weighted by Crippen LogP contribution is 2.35. The number of nitrogens with one attached hydrogen (secondary N) is 1. The van der Waals surface area contributed by atoms with Crippen molar-refractivity contribution in [3.63, 3.8) is 0 Å². The monoisotopic (exact) mass is 500 g/mol. The Hall–Kier alpha value is -2.84. The lowest BCUT2D eigenvalue weighted by atomic mass is 10.1. The molecule has 0 bridgehead atoms. The molecule has 3 aromatic rings. The van der Waals surface area contributed by atoms with Crippen LogP contribution in [0.4, 0.5) is 0 Å². The third-order valence-corrected chi connectivity index (χ3v) is 6.50. The van der Waals surface area contributed by atoms with E-state index in [1.165, 1.54) is 22.8 Å². The molecule has 1 aromatic heterocycles. The lowest BCUT2D eigenvalue weighted by Gasteiger charge is -2.19. The molecule has 0 radical (unpaired) electrons. The molecule has 32 heavy (non-hydrogen) atoms. The topological polar surface area (TPSA) is 82.0 Å². The number of nitrogens with zero attached hydrogens (tertiary/aromatic N) is 3. The van der Waals surface area contributed by atoms with Gasteiger partial charge in [-0.25, -0.2) is 0 Å². The van der Waals surface area contributed by atoms with Crippen LogP contribution in [0.3, 0.4) is 0 Å². The van der Waals surface area contributed by atoms with E-state index in [1.54, 1.807) is 36.4 Å². The average Bonchev–Trinajstić information content (AvgIpc) is 3.40. The van der Waals surface area contributed by atoms with Gasteiger partial charge in [0.2, 0.25) is 5.17 Å². The van der Waals surface area contributed by atoms with Gasteiger partial charge in [0.15, 0.2) is 5.84 Å². The quantitative estimate of drug-likeness (QED) is 0.411. The maximum atomic E-state index is 12.6. The van der Waals surface area contributed by atoms with Gasteiger partial charge in [0, 0.05) is 16.1 Å². The van der Waals surface area contributed by atoms with E-state index in [1.807, 2.05) is 18.2 Å². The molecular weight excluding hydrogens is 491 g/mol. The van der Waals surface area contributed by atoms with Gasteiger partial charge in [0.05, 0.1) is 15.6 Å². The predicted octanol–water partition coefficient (Wildman–Crippen LogP) is 6.57. The fraction of sp³-hybridized carbons (Fsp3) is 0. The van der Waals surface area contributed by atoms with Crippen LogP contribution in [0.15, 0.2) is 74.7 Å². The molecule has 10 heteroatoms. The molecule has 5 rings (SSSR count). The van der Waals surface area contributed by atoms with Gasteiger partial charge in [-0.3, -0.25) is 10.2 Å². The molecule has 0 unspecified atom stereocenters. The van der Waals surface area contributed by atoms with Crippen molar-refractivity contribution in [3.8, 4) is 11.3 Å². The first-order valence-electron chi connectivity index (χ1n) is 9.21. The molecule has 0 fully saturated rings. The van der Waals surface area contributed by atoms with Crippen LogP contribution >= 0.6 is 46.6 Å². The number of amidine groups is 2. The van der Waals surface area contributed by atoms with Gasteiger partial charge in [-0.2, -0.15) is 15.1 Å². The number of benzene rings is 2. The molecule has 2 aliphatic rings. The Morgan fingerprint density at radius 3 is 2.59 bits per heavy atom. The number of aliphatic imine (C=N–C) groups is 1. The van der Waals surface area contributed by atoms with Crippen LogP contribution in [0.25, 0.3) is 17.4 Å². The first-order chi connectivity index (χ1) is 15.4. The van der Waals surface area contributed by atoms with Crippen LogP contribution in [0.1, 0.15) is 11.3 Å². The highest BCUT2D eigenvalue weighted by atomic mass is 35.5.